The number of hydrogen-bond donors (Lipinski definition) is 1. The van der Waals surface area contributed by atoms with Crippen molar-refractivity contribution in [2.45, 2.75) is 26.3 Å². The zero-order valence-corrected chi connectivity index (χ0v) is 12.9. The molecule has 21 heavy (non-hydrogen) atoms. The Bertz CT molecular complexity index is 655. The molecule has 4 heteroatoms. The summed E-state index contributed by atoms with van der Waals surface area (Å²) in [6.07, 6.45) is 0. The van der Waals surface area contributed by atoms with E-state index >= 15 is 0 Å². The predicted octanol–water partition coefficient (Wildman–Crippen LogP) is 4.80. The fraction of sp³-hybridized carbons (Fsp3) is 0.294. The lowest BCUT2D eigenvalue weighted by Gasteiger charge is -2.11. The van der Waals surface area contributed by atoms with E-state index in [1.807, 2.05) is 12.1 Å². The van der Waals surface area contributed by atoms with Crippen LogP contribution in [0.5, 0.6) is 11.5 Å². The molecule has 0 amide bonds. The van der Waals surface area contributed by atoms with Gasteiger partial charge in [0.15, 0.2) is 11.5 Å². The van der Waals surface area contributed by atoms with E-state index < -0.39 is 0 Å². The molecule has 0 spiro atoms. The molecule has 0 aliphatic carbocycles. The van der Waals surface area contributed by atoms with Gasteiger partial charge in [0, 0.05) is 12.2 Å². The van der Waals surface area contributed by atoms with Crippen molar-refractivity contribution in [2.75, 3.05) is 12.1 Å². The SMILES string of the molecule is CC(C)c1cccc(NCc2cc(Cl)c3c(c2)OCO3)c1. The number of rotatable bonds is 4. The molecule has 2 aromatic rings. The van der Waals surface area contributed by atoms with Gasteiger partial charge in [-0.15, -0.1) is 0 Å². The monoisotopic (exact) mass is 303 g/mol. The molecule has 0 saturated heterocycles. The van der Waals surface area contributed by atoms with E-state index in [2.05, 4.69) is 43.4 Å². The Hall–Kier alpha value is -1.87. The van der Waals surface area contributed by atoms with Crippen LogP contribution in [0.3, 0.4) is 0 Å². The van der Waals surface area contributed by atoms with Crippen molar-refractivity contribution in [3.05, 3.63) is 52.5 Å². The molecule has 1 aliphatic heterocycles. The van der Waals surface area contributed by atoms with E-state index in [-0.39, 0.29) is 6.79 Å². The summed E-state index contributed by atoms with van der Waals surface area (Å²) in [5, 5.41) is 4.01. The molecule has 3 nitrogen and oxygen atoms in total. The van der Waals surface area contributed by atoms with Crippen LogP contribution < -0.4 is 14.8 Å². The van der Waals surface area contributed by atoms with E-state index in [1.165, 1.54) is 5.56 Å². The van der Waals surface area contributed by atoms with Gasteiger partial charge in [-0.25, -0.2) is 0 Å². The van der Waals surface area contributed by atoms with E-state index in [0.717, 1.165) is 17.0 Å². The highest BCUT2D eigenvalue weighted by Crippen LogP contribution is 2.39. The molecule has 0 aromatic heterocycles. The predicted molar refractivity (Wildman–Crippen MR) is 85.4 cm³/mol. The highest BCUT2D eigenvalue weighted by atomic mass is 35.5. The van der Waals surface area contributed by atoms with Gasteiger partial charge >= 0.3 is 0 Å². The number of anilines is 1. The standard InChI is InChI=1S/C17H18ClNO2/c1-11(2)13-4-3-5-14(8-13)19-9-12-6-15(18)17-16(7-12)20-10-21-17/h3-8,11,19H,9-10H2,1-2H3. The Labute approximate surface area is 129 Å². The minimum atomic E-state index is 0.238. The van der Waals surface area contributed by atoms with Crippen LogP contribution in [0.2, 0.25) is 5.02 Å². The normalized spacial score (nSPS) is 12.8. The maximum Gasteiger partial charge on any atom is 0.231 e. The molecule has 0 saturated carbocycles. The first-order valence-corrected chi connectivity index (χ1v) is 7.43. The van der Waals surface area contributed by atoms with E-state index in [4.69, 9.17) is 21.1 Å². The Balaban J connectivity index is 1.73. The smallest absolute Gasteiger partial charge is 0.231 e. The van der Waals surface area contributed by atoms with Crippen molar-refractivity contribution in [3.8, 4) is 11.5 Å². The topological polar surface area (TPSA) is 30.5 Å². The van der Waals surface area contributed by atoms with Gasteiger partial charge in [-0.2, -0.15) is 0 Å². The van der Waals surface area contributed by atoms with Crippen molar-refractivity contribution in [2.24, 2.45) is 0 Å². The Kier molecular flexibility index (Phi) is 3.93. The number of hydrogen-bond acceptors (Lipinski definition) is 3. The Morgan fingerprint density at radius 2 is 2.05 bits per heavy atom. The number of halogens is 1. The van der Waals surface area contributed by atoms with Gasteiger partial charge in [-0.1, -0.05) is 37.6 Å². The van der Waals surface area contributed by atoms with Gasteiger partial charge < -0.3 is 14.8 Å². The van der Waals surface area contributed by atoms with Crippen molar-refractivity contribution >= 4 is 17.3 Å². The third-order valence-corrected chi connectivity index (χ3v) is 3.82. The second-order valence-electron chi connectivity index (χ2n) is 5.45. The first-order valence-electron chi connectivity index (χ1n) is 7.05. The third-order valence-electron chi connectivity index (χ3n) is 3.54. The summed E-state index contributed by atoms with van der Waals surface area (Å²) in [6.45, 7) is 5.31. The van der Waals surface area contributed by atoms with E-state index in [9.17, 15) is 0 Å². The molecule has 0 fully saturated rings. The molecule has 1 aliphatic rings. The molecule has 2 aromatic carbocycles. The summed E-state index contributed by atoms with van der Waals surface area (Å²) in [5.41, 5.74) is 3.50. The molecule has 1 N–H and O–H groups in total. The first kappa shape index (κ1) is 14.1. The highest BCUT2D eigenvalue weighted by molar-refractivity contribution is 6.32. The molecule has 3 rings (SSSR count). The van der Waals surface area contributed by atoms with E-state index in [1.54, 1.807) is 0 Å². The number of ether oxygens (including phenoxy) is 2. The fourth-order valence-corrected chi connectivity index (χ4v) is 2.62. The summed E-state index contributed by atoms with van der Waals surface area (Å²) < 4.78 is 10.7. The molecule has 110 valence electrons. The molecule has 1 heterocycles. The lowest BCUT2D eigenvalue weighted by molar-refractivity contribution is 0.174. The zero-order valence-electron chi connectivity index (χ0n) is 12.2. The molecular weight excluding hydrogens is 286 g/mol. The quantitative estimate of drug-likeness (QED) is 0.879. The summed E-state index contributed by atoms with van der Waals surface area (Å²) in [4.78, 5) is 0. The van der Waals surface area contributed by atoms with Crippen LogP contribution in [-0.4, -0.2) is 6.79 Å². The zero-order chi connectivity index (χ0) is 14.8. The second-order valence-corrected chi connectivity index (χ2v) is 5.85. The summed E-state index contributed by atoms with van der Waals surface area (Å²) in [5.74, 6) is 1.88. The minimum Gasteiger partial charge on any atom is -0.454 e. The van der Waals surface area contributed by atoms with Gasteiger partial charge in [-0.05, 0) is 41.3 Å². The molecule has 0 bridgehead atoms. The minimum absolute atomic E-state index is 0.238. The number of benzene rings is 2. The lowest BCUT2D eigenvalue weighted by Crippen LogP contribution is -2.00. The van der Waals surface area contributed by atoms with Gasteiger partial charge in [-0.3, -0.25) is 0 Å². The lowest BCUT2D eigenvalue weighted by atomic mass is 10.0. The molecule has 0 radical (unpaired) electrons. The van der Waals surface area contributed by atoms with Gasteiger partial charge in [0.1, 0.15) is 0 Å². The van der Waals surface area contributed by atoms with Crippen LogP contribution in [-0.2, 0) is 6.54 Å². The average Bonchev–Trinajstić information content (AvgIpc) is 2.94. The fourth-order valence-electron chi connectivity index (χ4n) is 2.33. The van der Waals surface area contributed by atoms with Crippen LogP contribution in [0.15, 0.2) is 36.4 Å². The maximum absolute atomic E-state index is 6.19. The van der Waals surface area contributed by atoms with Crippen LogP contribution in [0, 0.1) is 0 Å². The van der Waals surface area contributed by atoms with Crippen molar-refractivity contribution in [3.63, 3.8) is 0 Å². The third kappa shape index (κ3) is 3.08. The Morgan fingerprint density at radius 3 is 2.86 bits per heavy atom. The van der Waals surface area contributed by atoms with Crippen molar-refractivity contribution in [1.82, 2.24) is 0 Å². The van der Waals surface area contributed by atoms with E-state index in [0.29, 0.717) is 23.2 Å². The number of nitrogens with one attached hydrogen (secondary N) is 1. The van der Waals surface area contributed by atoms with Gasteiger partial charge in [0.2, 0.25) is 6.79 Å². The summed E-state index contributed by atoms with van der Waals surface area (Å²) in [6, 6.07) is 12.3. The van der Waals surface area contributed by atoms with Crippen LogP contribution in [0.4, 0.5) is 5.69 Å². The molecule has 0 unspecified atom stereocenters. The van der Waals surface area contributed by atoms with Crippen LogP contribution >= 0.6 is 11.6 Å². The van der Waals surface area contributed by atoms with Gasteiger partial charge in [0.25, 0.3) is 0 Å². The first-order chi connectivity index (χ1) is 10.1. The number of fused-ring (bicyclic) bond motifs is 1. The van der Waals surface area contributed by atoms with Crippen LogP contribution in [0.25, 0.3) is 0 Å². The van der Waals surface area contributed by atoms with Crippen molar-refractivity contribution in [1.29, 1.82) is 0 Å². The van der Waals surface area contributed by atoms with Crippen molar-refractivity contribution < 1.29 is 9.47 Å². The largest absolute Gasteiger partial charge is 0.454 e. The van der Waals surface area contributed by atoms with Gasteiger partial charge in [0.05, 0.1) is 5.02 Å². The molecular formula is C17H18ClNO2. The molecule has 0 atom stereocenters. The highest BCUT2D eigenvalue weighted by Gasteiger charge is 2.18. The second kappa shape index (κ2) is 5.86. The summed E-state index contributed by atoms with van der Waals surface area (Å²) in [7, 11) is 0. The van der Waals surface area contributed by atoms with Crippen LogP contribution in [0.1, 0.15) is 30.9 Å². The summed E-state index contributed by atoms with van der Waals surface area (Å²) >= 11 is 6.19. The maximum atomic E-state index is 6.19. The average molecular weight is 304 g/mol. The Morgan fingerprint density at radius 1 is 1.19 bits per heavy atom.